The van der Waals surface area contributed by atoms with Crippen molar-refractivity contribution >= 4 is 0 Å². The minimum absolute atomic E-state index is 0.155. The molecule has 1 aromatic heterocycles. The van der Waals surface area contributed by atoms with Crippen LogP contribution in [0.15, 0.2) is 30.3 Å². The second kappa shape index (κ2) is 6.32. The standard InChI is InChI=1S/C15H21N5O/c16-9-4-10-20-14(17-18-19-20)15(7-11-21-12-8-15)13-5-2-1-3-6-13/h1-3,5-6H,4,7-12,16H2. The first-order chi connectivity index (χ1) is 10.4. The molecule has 2 heterocycles. The average molecular weight is 287 g/mol. The van der Waals surface area contributed by atoms with Crippen LogP contribution >= 0.6 is 0 Å². The summed E-state index contributed by atoms with van der Waals surface area (Å²) in [4.78, 5) is 0. The Bertz CT molecular complexity index is 562. The molecule has 1 saturated heterocycles. The Hall–Kier alpha value is -1.79. The van der Waals surface area contributed by atoms with Crippen molar-refractivity contribution in [3.05, 3.63) is 41.7 Å². The number of aromatic nitrogens is 4. The fourth-order valence-corrected chi connectivity index (χ4v) is 3.06. The molecule has 0 bridgehead atoms. The zero-order valence-electron chi connectivity index (χ0n) is 12.1. The highest BCUT2D eigenvalue weighted by molar-refractivity contribution is 5.33. The third-order valence-corrected chi connectivity index (χ3v) is 4.21. The van der Waals surface area contributed by atoms with Gasteiger partial charge < -0.3 is 10.5 Å². The summed E-state index contributed by atoms with van der Waals surface area (Å²) in [5.74, 6) is 0.936. The fraction of sp³-hybridized carbons (Fsp3) is 0.533. The van der Waals surface area contributed by atoms with E-state index in [9.17, 15) is 0 Å². The number of tetrazole rings is 1. The van der Waals surface area contributed by atoms with E-state index >= 15 is 0 Å². The summed E-state index contributed by atoms with van der Waals surface area (Å²) in [6, 6.07) is 10.5. The highest BCUT2D eigenvalue weighted by Crippen LogP contribution is 2.39. The fourth-order valence-electron chi connectivity index (χ4n) is 3.06. The van der Waals surface area contributed by atoms with E-state index in [-0.39, 0.29) is 5.41 Å². The minimum atomic E-state index is -0.155. The van der Waals surface area contributed by atoms with Gasteiger partial charge in [0.1, 0.15) is 0 Å². The SMILES string of the molecule is NCCCn1nnnc1C1(c2ccccc2)CCOCC1. The molecule has 6 nitrogen and oxygen atoms in total. The number of ether oxygens (including phenoxy) is 1. The number of rotatable bonds is 5. The molecule has 112 valence electrons. The van der Waals surface area contributed by atoms with E-state index in [1.165, 1.54) is 5.56 Å². The maximum Gasteiger partial charge on any atom is 0.161 e. The number of benzene rings is 1. The van der Waals surface area contributed by atoms with Gasteiger partial charge in [0.25, 0.3) is 0 Å². The van der Waals surface area contributed by atoms with Gasteiger partial charge in [-0.05, 0) is 41.8 Å². The van der Waals surface area contributed by atoms with Crippen LogP contribution in [0.1, 0.15) is 30.7 Å². The summed E-state index contributed by atoms with van der Waals surface area (Å²) in [6.07, 6.45) is 2.68. The molecule has 1 aliphatic heterocycles. The normalized spacial score (nSPS) is 17.8. The van der Waals surface area contributed by atoms with Crippen molar-refractivity contribution in [1.82, 2.24) is 20.2 Å². The van der Waals surface area contributed by atoms with Crippen molar-refractivity contribution in [2.24, 2.45) is 5.73 Å². The topological polar surface area (TPSA) is 78.9 Å². The molecule has 2 N–H and O–H groups in total. The lowest BCUT2D eigenvalue weighted by atomic mass is 9.73. The Kier molecular flexibility index (Phi) is 4.26. The number of aryl methyl sites for hydroxylation is 1. The minimum Gasteiger partial charge on any atom is -0.381 e. The predicted molar refractivity (Wildman–Crippen MR) is 78.8 cm³/mol. The molecular weight excluding hydrogens is 266 g/mol. The molecule has 0 atom stereocenters. The van der Waals surface area contributed by atoms with Crippen LogP contribution in [0.3, 0.4) is 0 Å². The second-order valence-electron chi connectivity index (χ2n) is 5.43. The van der Waals surface area contributed by atoms with Gasteiger partial charge in [-0.3, -0.25) is 0 Å². The Morgan fingerprint density at radius 1 is 1.19 bits per heavy atom. The average Bonchev–Trinajstić information content (AvgIpc) is 3.03. The predicted octanol–water partition coefficient (Wildman–Crippen LogP) is 1.12. The van der Waals surface area contributed by atoms with E-state index in [0.29, 0.717) is 6.54 Å². The summed E-state index contributed by atoms with van der Waals surface area (Å²) in [5.41, 5.74) is 6.72. The molecule has 0 amide bonds. The number of hydrogen-bond acceptors (Lipinski definition) is 5. The highest BCUT2D eigenvalue weighted by Gasteiger charge is 2.40. The van der Waals surface area contributed by atoms with Gasteiger partial charge >= 0.3 is 0 Å². The zero-order valence-corrected chi connectivity index (χ0v) is 12.1. The zero-order chi connectivity index (χ0) is 14.5. The van der Waals surface area contributed by atoms with Gasteiger partial charge in [0.05, 0.1) is 5.41 Å². The van der Waals surface area contributed by atoms with Gasteiger partial charge in [-0.25, -0.2) is 4.68 Å². The quantitative estimate of drug-likeness (QED) is 0.891. The molecule has 21 heavy (non-hydrogen) atoms. The van der Waals surface area contributed by atoms with Gasteiger partial charge in [-0.1, -0.05) is 30.3 Å². The Balaban J connectivity index is 2.02. The summed E-state index contributed by atoms with van der Waals surface area (Å²) in [6.45, 7) is 2.87. The monoisotopic (exact) mass is 287 g/mol. The molecule has 1 fully saturated rings. The maximum absolute atomic E-state index is 5.62. The molecule has 0 radical (unpaired) electrons. The van der Waals surface area contributed by atoms with Crippen LogP contribution in [-0.4, -0.2) is 40.0 Å². The molecule has 3 rings (SSSR count). The van der Waals surface area contributed by atoms with E-state index in [4.69, 9.17) is 10.5 Å². The molecule has 1 aromatic carbocycles. The van der Waals surface area contributed by atoms with Crippen LogP contribution in [0.5, 0.6) is 0 Å². The first kappa shape index (κ1) is 14.2. The highest BCUT2D eigenvalue weighted by atomic mass is 16.5. The van der Waals surface area contributed by atoms with E-state index in [0.717, 1.165) is 44.8 Å². The third kappa shape index (κ3) is 2.69. The second-order valence-corrected chi connectivity index (χ2v) is 5.43. The van der Waals surface area contributed by atoms with E-state index < -0.39 is 0 Å². The van der Waals surface area contributed by atoms with Crippen molar-refractivity contribution in [3.8, 4) is 0 Å². The van der Waals surface area contributed by atoms with Gasteiger partial charge in [0.15, 0.2) is 5.82 Å². The van der Waals surface area contributed by atoms with E-state index in [2.05, 4.69) is 39.8 Å². The van der Waals surface area contributed by atoms with E-state index in [1.54, 1.807) is 0 Å². The number of nitrogens with two attached hydrogens (primary N) is 1. The molecule has 1 aliphatic rings. The van der Waals surface area contributed by atoms with Crippen molar-refractivity contribution in [1.29, 1.82) is 0 Å². The molecule has 6 heteroatoms. The van der Waals surface area contributed by atoms with Gasteiger partial charge in [0, 0.05) is 19.8 Å². The van der Waals surface area contributed by atoms with Crippen LogP contribution in [-0.2, 0) is 16.7 Å². The van der Waals surface area contributed by atoms with Crippen molar-refractivity contribution in [2.45, 2.75) is 31.2 Å². The molecule has 0 unspecified atom stereocenters. The van der Waals surface area contributed by atoms with Crippen LogP contribution in [0, 0.1) is 0 Å². The van der Waals surface area contributed by atoms with Gasteiger partial charge in [-0.2, -0.15) is 0 Å². The molecule has 0 aliphatic carbocycles. The summed E-state index contributed by atoms with van der Waals surface area (Å²) < 4.78 is 7.48. The molecular formula is C15H21N5O. The Labute approximate surface area is 124 Å². The first-order valence-corrected chi connectivity index (χ1v) is 7.47. The lowest BCUT2D eigenvalue weighted by Crippen LogP contribution is -2.38. The molecule has 2 aromatic rings. The van der Waals surface area contributed by atoms with Gasteiger partial charge in [-0.15, -0.1) is 5.10 Å². The van der Waals surface area contributed by atoms with Crippen molar-refractivity contribution in [3.63, 3.8) is 0 Å². The Morgan fingerprint density at radius 2 is 1.95 bits per heavy atom. The van der Waals surface area contributed by atoms with Crippen LogP contribution < -0.4 is 5.73 Å². The van der Waals surface area contributed by atoms with E-state index in [1.807, 2.05) is 10.7 Å². The Morgan fingerprint density at radius 3 is 2.67 bits per heavy atom. The van der Waals surface area contributed by atoms with Crippen molar-refractivity contribution in [2.75, 3.05) is 19.8 Å². The lowest BCUT2D eigenvalue weighted by Gasteiger charge is -2.36. The number of nitrogens with zero attached hydrogens (tertiary/aromatic N) is 4. The summed E-state index contributed by atoms with van der Waals surface area (Å²) >= 11 is 0. The maximum atomic E-state index is 5.62. The lowest BCUT2D eigenvalue weighted by molar-refractivity contribution is 0.0589. The van der Waals surface area contributed by atoms with Crippen LogP contribution in [0.4, 0.5) is 0 Å². The number of hydrogen-bond donors (Lipinski definition) is 1. The van der Waals surface area contributed by atoms with Crippen LogP contribution in [0.2, 0.25) is 0 Å². The molecule has 0 spiro atoms. The van der Waals surface area contributed by atoms with Gasteiger partial charge in [0.2, 0.25) is 0 Å². The summed E-state index contributed by atoms with van der Waals surface area (Å²) in [5, 5.41) is 12.4. The largest absolute Gasteiger partial charge is 0.381 e. The smallest absolute Gasteiger partial charge is 0.161 e. The van der Waals surface area contributed by atoms with Crippen molar-refractivity contribution < 1.29 is 4.74 Å². The first-order valence-electron chi connectivity index (χ1n) is 7.47. The van der Waals surface area contributed by atoms with Crippen LogP contribution in [0.25, 0.3) is 0 Å². The molecule has 0 saturated carbocycles. The summed E-state index contributed by atoms with van der Waals surface area (Å²) in [7, 11) is 0. The third-order valence-electron chi connectivity index (χ3n) is 4.21.